The van der Waals surface area contributed by atoms with Crippen LogP contribution in [0, 0.1) is 5.41 Å². The molecule has 1 heterocycles. The number of nitrogens with two attached hydrogens (primary N) is 1. The van der Waals surface area contributed by atoms with E-state index in [0.29, 0.717) is 6.42 Å². The van der Waals surface area contributed by atoms with Gasteiger partial charge >= 0.3 is 0 Å². The Labute approximate surface area is 95.6 Å². The lowest BCUT2D eigenvalue weighted by Crippen LogP contribution is -2.50. The summed E-state index contributed by atoms with van der Waals surface area (Å²) < 4.78 is 32.8. The largest absolute Gasteiger partial charge is 0.387 e. The average Bonchev–Trinajstić information content (AvgIpc) is 2.57. The first-order valence-corrected chi connectivity index (χ1v) is 6.87. The van der Waals surface area contributed by atoms with Crippen LogP contribution in [0.1, 0.15) is 6.42 Å². The Balaban J connectivity index is 2.89. The number of aliphatic hydroxyl groups excluding tert-OH is 1. The van der Waals surface area contributed by atoms with Gasteiger partial charge in [-0.25, -0.2) is 8.42 Å². The number of hydrogen-bond acceptors (Lipinski definition) is 6. The van der Waals surface area contributed by atoms with Crippen molar-refractivity contribution in [1.29, 1.82) is 0 Å². The van der Waals surface area contributed by atoms with Gasteiger partial charge in [0.1, 0.15) is 6.10 Å². The second-order valence-corrected chi connectivity index (χ2v) is 6.38. The molecule has 96 valence electrons. The van der Waals surface area contributed by atoms with Crippen LogP contribution in [0.2, 0.25) is 0 Å². The van der Waals surface area contributed by atoms with E-state index in [1.165, 1.54) is 14.2 Å². The summed E-state index contributed by atoms with van der Waals surface area (Å²) in [6.07, 6.45) is -1.54. The molecular weight excluding hydrogens is 234 g/mol. The second-order valence-electron chi connectivity index (χ2n) is 4.19. The standard InChI is InChI=1S/C9H19NO5S/c1-14-8(15-2)7(11)9(5-10)3-4-16(12,13)6-9/h7-8,11H,3-6,10H2,1-2H3. The third-order valence-corrected chi connectivity index (χ3v) is 5.02. The van der Waals surface area contributed by atoms with Crippen LogP contribution in [0.15, 0.2) is 0 Å². The summed E-state index contributed by atoms with van der Waals surface area (Å²) in [6, 6.07) is 0. The molecule has 3 N–H and O–H groups in total. The summed E-state index contributed by atoms with van der Waals surface area (Å²) in [5.41, 5.74) is 4.75. The molecule has 0 bridgehead atoms. The maximum Gasteiger partial charge on any atom is 0.183 e. The fourth-order valence-electron chi connectivity index (χ4n) is 2.10. The van der Waals surface area contributed by atoms with Gasteiger partial charge in [-0.2, -0.15) is 0 Å². The molecule has 1 aliphatic rings. The molecule has 6 nitrogen and oxygen atoms in total. The van der Waals surface area contributed by atoms with Crippen molar-refractivity contribution in [2.75, 3.05) is 32.3 Å². The van der Waals surface area contributed by atoms with Crippen molar-refractivity contribution >= 4 is 9.84 Å². The number of ether oxygens (including phenoxy) is 2. The Kier molecular flexibility index (Phi) is 4.30. The number of methoxy groups -OCH3 is 2. The maximum atomic E-state index is 11.5. The van der Waals surface area contributed by atoms with Gasteiger partial charge in [0.15, 0.2) is 16.1 Å². The quantitative estimate of drug-likeness (QED) is 0.593. The van der Waals surface area contributed by atoms with Crippen LogP contribution in [0.5, 0.6) is 0 Å². The zero-order valence-electron chi connectivity index (χ0n) is 9.55. The van der Waals surface area contributed by atoms with Crippen LogP contribution in [0.25, 0.3) is 0 Å². The van der Waals surface area contributed by atoms with E-state index in [-0.39, 0.29) is 18.1 Å². The fourth-order valence-corrected chi connectivity index (χ4v) is 4.27. The minimum absolute atomic E-state index is 0.0570. The van der Waals surface area contributed by atoms with E-state index in [1.54, 1.807) is 0 Å². The Morgan fingerprint density at radius 1 is 1.44 bits per heavy atom. The predicted octanol–water partition coefficient (Wildman–Crippen LogP) is -1.27. The number of hydrogen-bond donors (Lipinski definition) is 2. The van der Waals surface area contributed by atoms with Crippen LogP contribution in [0.4, 0.5) is 0 Å². The van der Waals surface area contributed by atoms with Gasteiger partial charge in [-0.15, -0.1) is 0 Å². The molecule has 0 amide bonds. The van der Waals surface area contributed by atoms with Gasteiger partial charge in [-0.1, -0.05) is 0 Å². The molecule has 0 spiro atoms. The lowest BCUT2D eigenvalue weighted by atomic mass is 9.81. The zero-order chi connectivity index (χ0) is 12.4. The zero-order valence-corrected chi connectivity index (χ0v) is 10.4. The van der Waals surface area contributed by atoms with Crippen LogP contribution < -0.4 is 5.73 Å². The SMILES string of the molecule is COC(OC)C(O)C1(CN)CCS(=O)(=O)C1. The van der Waals surface area contributed by atoms with Gasteiger partial charge in [0, 0.05) is 26.2 Å². The Hall–Kier alpha value is -0.210. The highest BCUT2D eigenvalue weighted by molar-refractivity contribution is 7.91. The summed E-state index contributed by atoms with van der Waals surface area (Å²) in [7, 11) is -0.324. The first kappa shape index (κ1) is 13.9. The van der Waals surface area contributed by atoms with E-state index >= 15 is 0 Å². The Morgan fingerprint density at radius 3 is 2.31 bits per heavy atom. The van der Waals surface area contributed by atoms with Crippen LogP contribution in [0.3, 0.4) is 0 Å². The molecule has 0 radical (unpaired) electrons. The second kappa shape index (κ2) is 4.97. The molecule has 0 aliphatic carbocycles. The van der Waals surface area contributed by atoms with Gasteiger partial charge in [0.05, 0.1) is 11.5 Å². The molecule has 1 saturated heterocycles. The molecule has 1 fully saturated rings. The van der Waals surface area contributed by atoms with Crippen molar-refractivity contribution in [3.05, 3.63) is 0 Å². The molecular formula is C9H19NO5S. The van der Waals surface area contributed by atoms with E-state index in [2.05, 4.69) is 0 Å². The van der Waals surface area contributed by atoms with Crippen LogP contribution in [-0.4, -0.2) is 58.2 Å². The molecule has 0 saturated carbocycles. The van der Waals surface area contributed by atoms with E-state index in [4.69, 9.17) is 15.2 Å². The predicted molar refractivity (Wildman–Crippen MR) is 58.6 cm³/mol. The number of sulfone groups is 1. The monoisotopic (exact) mass is 253 g/mol. The van der Waals surface area contributed by atoms with E-state index in [1.807, 2.05) is 0 Å². The first-order chi connectivity index (χ1) is 7.40. The summed E-state index contributed by atoms with van der Waals surface area (Å²) in [5.74, 6) is -0.0533. The van der Waals surface area contributed by atoms with Gasteiger partial charge < -0.3 is 20.3 Å². The van der Waals surface area contributed by atoms with Crippen molar-refractivity contribution < 1.29 is 23.0 Å². The minimum atomic E-state index is -3.11. The smallest absolute Gasteiger partial charge is 0.183 e. The summed E-state index contributed by atoms with van der Waals surface area (Å²) in [5, 5.41) is 10.1. The van der Waals surface area contributed by atoms with Gasteiger partial charge in [0.25, 0.3) is 0 Å². The van der Waals surface area contributed by atoms with Crippen LogP contribution >= 0.6 is 0 Å². The summed E-state index contributed by atoms with van der Waals surface area (Å²) in [4.78, 5) is 0. The molecule has 0 aromatic carbocycles. The van der Waals surface area contributed by atoms with Gasteiger partial charge in [-0.05, 0) is 6.42 Å². The average molecular weight is 253 g/mol. The third-order valence-electron chi connectivity index (χ3n) is 3.17. The molecule has 2 unspecified atom stereocenters. The summed E-state index contributed by atoms with van der Waals surface area (Å²) >= 11 is 0. The topological polar surface area (TPSA) is 98.8 Å². The Morgan fingerprint density at radius 2 is 2.00 bits per heavy atom. The maximum absolute atomic E-state index is 11.5. The van der Waals surface area contributed by atoms with Crippen molar-refractivity contribution in [3.63, 3.8) is 0 Å². The molecule has 2 atom stereocenters. The fraction of sp³-hybridized carbons (Fsp3) is 1.00. The Bertz CT molecular complexity index is 327. The van der Waals surface area contributed by atoms with Gasteiger partial charge in [-0.3, -0.25) is 0 Å². The number of rotatable bonds is 5. The van der Waals surface area contributed by atoms with Crippen LogP contribution in [-0.2, 0) is 19.3 Å². The van der Waals surface area contributed by atoms with E-state index in [0.717, 1.165) is 0 Å². The summed E-state index contributed by atoms with van der Waals surface area (Å²) in [6.45, 7) is 0.0939. The van der Waals surface area contributed by atoms with Crippen molar-refractivity contribution in [1.82, 2.24) is 0 Å². The molecule has 1 rings (SSSR count). The molecule has 7 heteroatoms. The molecule has 0 aromatic rings. The minimum Gasteiger partial charge on any atom is -0.387 e. The molecule has 1 aliphatic heterocycles. The highest BCUT2D eigenvalue weighted by Gasteiger charge is 2.49. The normalized spacial score (nSPS) is 30.8. The highest BCUT2D eigenvalue weighted by atomic mass is 32.2. The van der Waals surface area contributed by atoms with Crippen molar-refractivity contribution in [2.45, 2.75) is 18.8 Å². The van der Waals surface area contributed by atoms with E-state index < -0.39 is 27.6 Å². The van der Waals surface area contributed by atoms with Crippen molar-refractivity contribution in [3.8, 4) is 0 Å². The third kappa shape index (κ3) is 2.54. The lowest BCUT2D eigenvalue weighted by Gasteiger charge is -2.35. The molecule has 0 aromatic heterocycles. The number of aliphatic hydroxyl groups is 1. The first-order valence-electron chi connectivity index (χ1n) is 5.05. The van der Waals surface area contributed by atoms with E-state index in [9.17, 15) is 13.5 Å². The van der Waals surface area contributed by atoms with Crippen molar-refractivity contribution in [2.24, 2.45) is 11.1 Å². The molecule has 16 heavy (non-hydrogen) atoms. The lowest BCUT2D eigenvalue weighted by molar-refractivity contribution is -0.193. The highest BCUT2D eigenvalue weighted by Crippen LogP contribution is 2.36. The van der Waals surface area contributed by atoms with Gasteiger partial charge in [0.2, 0.25) is 0 Å².